The van der Waals surface area contributed by atoms with E-state index in [0.29, 0.717) is 36.9 Å². The molecule has 3 heterocycles. The summed E-state index contributed by atoms with van der Waals surface area (Å²) in [6.45, 7) is 8.56. The van der Waals surface area contributed by atoms with Crippen molar-refractivity contribution in [3.05, 3.63) is 23.7 Å². The second-order valence-electron chi connectivity index (χ2n) is 10.7. The summed E-state index contributed by atoms with van der Waals surface area (Å²) in [5.74, 6) is 1.32. The standard InChI is InChI=1S/C27H38N6O3S/c1-5-27(36,6-2)17-12-18(23(35)22(17)34)31-24-20(25-32-21-15(4)28-11-10-19(21)37-25)14(3)30-26(33-24)29-13-16-8-7-9-16/h10-11,16-18,22-23,34-36H,5-9,12-13H2,1-4H3,(H2,29,30,31,33)/t17-,18+,22+,23-/m0/s1. The molecule has 2 saturated carbocycles. The summed E-state index contributed by atoms with van der Waals surface area (Å²) >= 11 is 1.56. The van der Waals surface area contributed by atoms with Gasteiger partial charge < -0.3 is 26.0 Å². The lowest BCUT2D eigenvalue weighted by Gasteiger charge is -2.34. The van der Waals surface area contributed by atoms with Crippen LogP contribution >= 0.6 is 11.3 Å². The maximum absolute atomic E-state index is 11.1. The van der Waals surface area contributed by atoms with Crippen molar-refractivity contribution in [2.75, 3.05) is 17.2 Å². The molecule has 10 heteroatoms. The number of aliphatic hydroxyl groups excluding tert-OH is 2. The minimum absolute atomic E-state index is 0.427. The van der Waals surface area contributed by atoms with Crippen molar-refractivity contribution in [2.24, 2.45) is 11.8 Å². The summed E-state index contributed by atoms with van der Waals surface area (Å²) in [6.07, 6.45) is 4.89. The average Bonchev–Trinajstić information content (AvgIpc) is 3.40. The van der Waals surface area contributed by atoms with Crippen LogP contribution in [-0.4, -0.2) is 65.7 Å². The molecule has 0 bridgehead atoms. The Hall–Kier alpha value is -2.40. The first-order valence-corrected chi connectivity index (χ1v) is 14.3. The molecule has 5 N–H and O–H groups in total. The van der Waals surface area contributed by atoms with Crippen LogP contribution in [-0.2, 0) is 0 Å². The number of rotatable bonds is 9. The van der Waals surface area contributed by atoms with Gasteiger partial charge in [-0.05, 0) is 57.9 Å². The van der Waals surface area contributed by atoms with Gasteiger partial charge in [-0.3, -0.25) is 4.98 Å². The maximum Gasteiger partial charge on any atom is 0.224 e. The summed E-state index contributed by atoms with van der Waals surface area (Å²) in [5, 5.41) is 40.6. The fourth-order valence-corrected chi connectivity index (χ4v) is 6.80. The van der Waals surface area contributed by atoms with Crippen molar-refractivity contribution in [1.29, 1.82) is 0 Å². The third kappa shape index (κ3) is 4.92. The zero-order valence-corrected chi connectivity index (χ0v) is 22.8. The van der Waals surface area contributed by atoms with E-state index in [9.17, 15) is 15.3 Å². The number of thiazole rings is 1. The first-order valence-electron chi connectivity index (χ1n) is 13.4. The molecule has 0 aromatic carbocycles. The molecule has 200 valence electrons. The minimum atomic E-state index is -1.04. The van der Waals surface area contributed by atoms with Gasteiger partial charge in [-0.15, -0.1) is 11.3 Å². The van der Waals surface area contributed by atoms with Crippen molar-refractivity contribution < 1.29 is 15.3 Å². The Labute approximate surface area is 221 Å². The molecular formula is C27H38N6O3S. The fourth-order valence-electron chi connectivity index (χ4n) is 5.69. The van der Waals surface area contributed by atoms with Gasteiger partial charge in [-0.2, -0.15) is 4.98 Å². The van der Waals surface area contributed by atoms with E-state index >= 15 is 0 Å². The Balaban J connectivity index is 1.51. The highest BCUT2D eigenvalue weighted by molar-refractivity contribution is 7.21. The van der Waals surface area contributed by atoms with Crippen molar-refractivity contribution >= 4 is 33.3 Å². The van der Waals surface area contributed by atoms with Crippen LogP contribution in [0.4, 0.5) is 11.8 Å². The quantitative estimate of drug-likeness (QED) is 0.280. The fraction of sp³-hybridized carbons (Fsp3) is 0.630. The van der Waals surface area contributed by atoms with Gasteiger partial charge in [-0.1, -0.05) is 20.3 Å². The van der Waals surface area contributed by atoms with Crippen molar-refractivity contribution in [3.63, 3.8) is 0 Å². The van der Waals surface area contributed by atoms with E-state index in [1.165, 1.54) is 19.3 Å². The number of fused-ring (bicyclic) bond motifs is 1. The van der Waals surface area contributed by atoms with Crippen LogP contribution < -0.4 is 10.6 Å². The molecule has 3 aromatic heterocycles. The predicted octanol–water partition coefficient (Wildman–Crippen LogP) is 4.05. The number of nitrogens with one attached hydrogen (secondary N) is 2. The maximum atomic E-state index is 11.1. The molecular weight excluding hydrogens is 488 g/mol. The average molecular weight is 527 g/mol. The SMILES string of the molecule is CCC(O)(CC)[C@H]1C[C@@H](Nc2nc(NCC3CCC3)nc(C)c2-c2nc3c(C)nccc3s2)[C@H](O)[C@@H]1O. The zero-order valence-electron chi connectivity index (χ0n) is 22.0. The van der Waals surface area contributed by atoms with E-state index in [-0.39, 0.29) is 0 Å². The van der Waals surface area contributed by atoms with E-state index < -0.39 is 29.8 Å². The van der Waals surface area contributed by atoms with Crippen LogP contribution in [0.2, 0.25) is 0 Å². The van der Waals surface area contributed by atoms with Crippen LogP contribution in [0.1, 0.15) is 63.8 Å². The lowest BCUT2D eigenvalue weighted by atomic mass is 9.80. The van der Waals surface area contributed by atoms with Crippen molar-refractivity contribution in [3.8, 4) is 10.6 Å². The molecule has 2 fully saturated rings. The van der Waals surface area contributed by atoms with Gasteiger partial charge in [0.15, 0.2) is 0 Å². The van der Waals surface area contributed by atoms with E-state index in [1.807, 2.05) is 33.8 Å². The number of hydrogen-bond acceptors (Lipinski definition) is 10. The van der Waals surface area contributed by atoms with Gasteiger partial charge in [0.25, 0.3) is 0 Å². The van der Waals surface area contributed by atoms with Crippen molar-refractivity contribution in [1.82, 2.24) is 19.9 Å². The van der Waals surface area contributed by atoms with E-state index in [4.69, 9.17) is 15.0 Å². The third-order valence-corrected chi connectivity index (χ3v) is 9.52. The van der Waals surface area contributed by atoms with Crippen LogP contribution in [0.25, 0.3) is 20.8 Å². The summed E-state index contributed by atoms with van der Waals surface area (Å²) in [7, 11) is 0. The highest BCUT2D eigenvalue weighted by Gasteiger charge is 2.50. The molecule has 0 saturated heterocycles. The van der Waals surface area contributed by atoms with Crippen LogP contribution in [0.15, 0.2) is 12.3 Å². The Morgan fingerprint density at radius 3 is 2.46 bits per heavy atom. The number of aromatic nitrogens is 4. The van der Waals surface area contributed by atoms with E-state index in [0.717, 1.165) is 38.7 Å². The lowest BCUT2D eigenvalue weighted by molar-refractivity contribution is -0.0843. The predicted molar refractivity (Wildman–Crippen MR) is 147 cm³/mol. The minimum Gasteiger partial charge on any atom is -0.390 e. The van der Waals surface area contributed by atoms with Gasteiger partial charge in [0.05, 0.1) is 39.4 Å². The summed E-state index contributed by atoms with van der Waals surface area (Å²) < 4.78 is 1.03. The second kappa shape index (κ2) is 10.4. The summed E-state index contributed by atoms with van der Waals surface area (Å²) in [6, 6.07) is 1.48. The molecule has 0 unspecified atom stereocenters. The molecule has 37 heavy (non-hydrogen) atoms. The molecule has 4 atom stereocenters. The van der Waals surface area contributed by atoms with Gasteiger partial charge in [0.1, 0.15) is 22.4 Å². The second-order valence-corrected chi connectivity index (χ2v) is 11.7. The van der Waals surface area contributed by atoms with Gasteiger partial charge in [-0.25, -0.2) is 9.97 Å². The molecule has 0 aliphatic heterocycles. The molecule has 9 nitrogen and oxygen atoms in total. The molecule has 3 aromatic rings. The molecule has 2 aliphatic carbocycles. The normalized spacial score (nSPS) is 24.4. The number of aliphatic hydroxyl groups is 3. The molecule has 0 amide bonds. The van der Waals surface area contributed by atoms with E-state index in [2.05, 4.69) is 15.6 Å². The number of anilines is 2. The summed E-state index contributed by atoms with van der Waals surface area (Å²) in [5.41, 5.74) is 2.24. The molecule has 2 aliphatic rings. The van der Waals surface area contributed by atoms with Crippen LogP contribution in [0.5, 0.6) is 0 Å². The number of hydrogen-bond donors (Lipinski definition) is 5. The molecule has 0 spiro atoms. The van der Waals surface area contributed by atoms with Crippen molar-refractivity contribution in [2.45, 2.75) is 90.1 Å². The third-order valence-electron chi connectivity index (χ3n) is 8.49. The molecule has 5 rings (SSSR count). The Kier molecular flexibility index (Phi) is 7.37. The number of aryl methyl sites for hydroxylation is 2. The monoisotopic (exact) mass is 526 g/mol. The van der Waals surface area contributed by atoms with Gasteiger partial charge in [0.2, 0.25) is 5.95 Å². The number of pyridine rings is 1. The van der Waals surface area contributed by atoms with Crippen LogP contribution in [0, 0.1) is 25.7 Å². The first kappa shape index (κ1) is 26.2. The number of nitrogens with zero attached hydrogens (tertiary/aromatic N) is 4. The van der Waals surface area contributed by atoms with Gasteiger partial charge in [0, 0.05) is 18.7 Å². The largest absolute Gasteiger partial charge is 0.390 e. The highest BCUT2D eigenvalue weighted by atomic mass is 32.1. The van der Waals surface area contributed by atoms with Gasteiger partial charge >= 0.3 is 0 Å². The first-order chi connectivity index (χ1) is 17.7. The lowest BCUT2D eigenvalue weighted by Crippen LogP contribution is -2.43. The zero-order chi connectivity index (χ0) is 26.3. The summed E-state index contributed by atoms with van der Waals surface area (Å²) in [4.78, 5) is 18.9. The van der Waals surface area contributed by atoms with E-state index in [1.54, 1.807) is 17.5 Å². The smallest absolute Gasteiger partial charge is 0.224 e. The Bertz CT molecular complexity index is 1260. The topological polar surface area (TPSA) is 136 Å². The highest BCUT2D eigenvalue weighted by Crippen LogP contribution is 2.42. The Morgan fingerprint density at radius 1 is 1.05 bits per heavy atom. The Morgan fingerprint density at radius 2 is 1.81 bits per heavy atom. The van der Waals surface area contributed by atoms with Crippen LogP contribution in [0.3, 0.4) is 0 Å². The molecule has 0 radical (unpaired) electrons.